The predicted molar refractivity (Wildman–Crippen MR) is 127 cm³/mol. The minimum atomic E-state index is -1.16. The summed E-state index contributed by atoms with van der Waals surface area (Å²) in [4.78, 5) is 26.6. The maximum absolute atomic E-state index is 14.6. The summed E-state index contributed by atoms with van der Waals surface area (Å²) >= 11 is 6.57. The van der Waals surface area contributed by atoms with Gasteiger partial charge in [0, 0.05) is 32.7 Å². The van der Waals surface area contributed by atoms with Crippen molar-refractivity contribution in [2.45, 2.75) is 19.2 Å². The number of pyridine rings is 1. The summed E-state index contributed by atoms with van der Waals surface area (Å²) in [7, 11) is 0. The number of phenols is 1. The monoisotopic (exact) mass is 485 g/mol. The van der Waals surface area contributed by atoms with Gasteiger partial charge in [0.15, 0.2) is 0 Å². The molecule has 10 heteroatoms. The second-order valence-electron chi connectivity index (χ2n) is 8.74. The van der Waals surface area contributed by atoms with E-state index in [0.717, 1.165) is 12.8 Å². The zero-order valence-electron chi connectivity index (χ0n) is 18.5. The molecule has 1 saturated heterocycles. The summed E-state index contributed by atoms with van der Waals surface area (Å²) < 4.78 is 14.6. The lowest BCUT2D eigenvalue weighted by atomic mass is 10.1. The van der Waals surface area contributed by atoms with E-state index in [1.54, 1.807) is 15.9 Å². The fourth-order valence-electron chi connectivity index (χ4n) is 4.42. The van der Waals surface area contributed by atoms with Crippen molar-refractivity contribution >= 4 is 29.2 Å². The third-order valence-corrected chi connectivity index (χ3v) is 6.72. The number of hydrogen-bond donors (Lipinski definition) is 2. The SMILES string of the molecule is C=CC(=O)N1CCN(C2=NC(O)N(CC3CC3)c3nc(-c4c(O)cccc4F)c(Cl)cc32)CC1. The van der Waals surface area contributed by atoms with Crippen molar-refractivity contribution < 1.29 is 19.4 Å². The Balaban J connectivity index is 1.56. The zero-order valence-corrected chi connectivity index (χ0v) is 19.2. The van der Waals surface area contributed by atoms with E-state index in [-0.39, 0.29) is 27.9 Å². The van der Waals surface area contributed by atoms with Gasteiger partial charge in [-0.3, -0.25) is 4.79 Å². The molecule has 2 N–H and O–H groups in total. The molecule has 3 heterocycles. The maximum Gasteiger partial charge on any atom is 0.246 e. The molecule has 1 saturated carbocycles. The van der Waals surface area contributed by atoms with Crippen LogP contribution in [0.3, 0.4) is 0 Å². The van der Waals surface area contributed by atoms with Gasteiger partial charge in [-0.25, -0.2) is 14.4 Å². The number of hydrogen-bond acceptors (Lipinski definition) is 7. The lowest BCUT2D eigenvalue weighted by Gasteiger charge is -2.40. The summed E-state index contributed by atoms with van der Waals surface area (Å²) in [5, 5.41) is 21.4. The zero-order chi connectivity index (χ0) is 24.0. The van der Waals surface area contributed by atoms with Crippen LogP contribution in [0.4, 0.5) is 10.2 Å². The standard InChI is InChI=1S/C24H25ClFN5O3/c1-2-19(33)29-8-10-30(11-9-29)22-15-12-16(25)21(20-17(26)4-3-5-18(20)32)27-23(15)31(24(34)28-22)13-14-6-7-14/h2-5,12,14,24,32,34H,1,6-11,13H2. The molecular weight excluding hydrogens is 461 g/mol. The van der Waals surface area contributed by atoms with Crippen molar-refractivity contribution in [3.63, 3.8) is 0 Å². The van der Waals surface area contributed by atoms with E-state index in [2.05, 4.69) is 16.6 Å². The van der Waals surface area contributed by atoms with Crippen molar-refractivity contribution in [3.8, 4) is 17.0 Å². The smallest absolute Gasteiger partial charge is 0.246 e. The highest BCUT2D eigenvalue weighted by Crippen LogP contribution is 2.41. The first kappa shape index (κ1) is 22.6. The first-order valence-corrected chi connectivity index (χ1v) is 11.6. The van der Waals surface area contributed by atoms with Crippen LogP contribution in [0.25, 0.3) is 11.3 Å². The van der Waals surface area contributed by atoms with Crippen LogP contribution in [0.1, 0.15) is 18.4 Å². The van der Waals surface area contributed by atoms with Gasteiger partial charge in [-0.2, -0.15) is 0 Å². The third-order valence-electron chi connectivity index (χ3n) is 6.43. The number of amidine groups is 1. The minimum Gasteiger partial charge on any atom is -0.507 e. The second-order valence-corrected chi connectivity index (χ2v) is 9.14. The van der Waals surface area contributed by atoms with Gasteiger partial charge < -0.3 is 24.9 Å². The Morgan fingerprint density at radius 2 is 2.00 bits per heavy atom. The number of carbonyl (C=O) groups is 1. The fourth-order valence-corrected chi connectivity index (χ4v) is 4.67. The van der Waals surface area contributed by atoms with Gasteiger partial charge in [-0.15, -0.1) is 0 Å². The van der Waals surface area contributed by atoms with Crippen LogP contribution in [0.2, 0.25) is 5.02 Å². The molecule has 2 aliphatic heterocycles. The number of aromatic nitrogens is 1. The number of aliphatic hydroxyl groups excluding tert-OH is 1. The normalized spacial score (nSPS) is 20.1. The van der Waals surface area contributed by atoms with Crippen LogP contribution < -0.4 is 4.90 Å². The molecule has 1 unspecified atom stereocenters. The topological polar surface area (TPSA) is 92.5 Å². The lowest BCUT2D eigenvalue weighted by Crippen LogP contribution is -2.52. The molecule has 3 aliphatic rings. The molecule has 5 rings (SSSR count). The second kappa shape index (κ2) is 8.88. The van der Waals surface area contributed by atoms with E-state index >= 15 is 0 Å². The van der Waals surface area contributed by atoms with E-state index in [1.807, 2.05) is 4.90 Å². The van der Waals surface area contributed by atoms with Crippen molar-refractivity contribution in [2.75, 3.05) is 37.6 Å². The van der Waals surface area contributed by atoms with Crippen LogP contribution in [0.5, 0.6) is 5.75 Å². The fraction of sp³-hybridized carbons (Fsp3) is 0.375. The number of carbonyl (C=O) groups excluding carboxylic acids is 1. The van der Waals surface area contributed by atoms with Gasteiger partial charge in [-0.1, -0.05) is 24.2 Å². The van der Waals surface area contributed by atoms with Crippen molar-refractivity contribution in [1.82, 2.24) is 14.8 Å². The molecule has 1 amide bonds. The summed E-state index contributed by atoms with van der Waals surface area (Å²) in [5.74, 6) is 0.360. The maximum atomic E-state index is 14.6. The average molecular weight is 486 g/mol. The van der Waals surface area contributed by atoms with Gasteiger partial charge in [0.05, 0.1) is 21.8 Å². The number of aliphatic imine (C=N–C) groups is 1. The number of halogens is 2. The van der Waals surface area contributed by atoms with Gasteiger partial charge in [0.2, 0.25) is 12.3 Å². The third kappa shape index (κ3) is 4.10. The number of rotatable bonds is 4. The van der Waals surface area contributed by atoms with Crippen molar-refractivity contribution in [2.24, 2.45) is 10.9 Å². The predicted octanol–water partition coefficient (Wildman–Crippen LogP) is 2.83. The highest BCUT2D eigenvalue weighted by Gasteiger charge is 2.36. The number of nitrogens with zero attached hydrogens (tertiary/aromatic N) is 5. The summed E-state index contributed by atoms with van der Waals surface area (Å²) in [6.07, 6.45) is 2.25. The Bertz CT molecular complexity index is 1160. The van der Waals surface area contributed by atoms with Crippen LogP contribution in [0.15, 0.2) is 41.9 Å². The highest BCUT2D eigenvalue weighted by atomic mass is 35.5. The van der Waals surface area contributed by atoms with Crippen molar-refractivity contribution in [1.29, 1.82) is 0 Å². The number of benzene rings is 1. The molecule has 8 nitrogen and oxygen atoms in total. The number of amides is 1. The largest absolute Gasteiger partial charge is 0.507 e. The van der Waals surface area contributed by atoms with E-state index in [9.17, 15) is 19.4 Å². The molecule has 178 valence electrons. The first-order valence-electron chi connectivity index (χ1n) is 11.2. The van der Waals surface area contributed by atoms with Crippen LogP contribution in [0, 0.1) is 11.7 Å². The summed E-state index contributed by atoms with van der Waals surface area (Å²) in [6, 6.07) is 5.69. The van der Waals surface area contributed by atoms with Crippen LogP contribution in [-0.2, 0) is 4.79 Å². The van der Waals surface area contributed by atoms with E-state index in [4.69, 9.17) is 11.6 Å². The summed E-state index contributed by atoms with van der Waals surface area (Å²) in [5.41, 5.74) is 0.641. The quantitative estimate of drug-likeness (QED) is 0.647. The molecule has 1 aromatic carbocycles. The number of phenolic OH excluding ortho intramolecular Hbond substituents is 1. The Morgan fingerprint density at radius 3 is 2.65 bits per heavy atom. The molecule has 2 aromatic rings. The van der Waals surface area contributed by atoms with Crippen molar-refractivity contribution in [3.05, 3.63) is 53.3 Å². The van der Waals surface area contributed by atoms with E-state index in [1.165, 1.54) is 24.3 Å². The van der Waals surface area contributed by atoms with E-state index in [0.29, 0.717) is 55.9 Å². The molecule has 1 aliphatic carbocycles. The van der Waals surface area contributed by atoms with E-state index < -0.39 is 12.2 Å². The number of aliphatic hydroxyl groups is 1. The van der Waals surface area contributed by atoms with Gasteiger partial charge >= 0.3 is 0 Å². The average Bonchev–Trinajstić information content (AvgIpc) is 3.65. The Labute approximate surface area is 201 Å². The molecular formula is C24H25ClFN5O3. The van der Waals surface area contributed by atoms with Crippen LogP contribution in [-0.4, -0.2) is 75.8 Å². The minimum absolute atomic E-state index is 0.0863. The Hall–Kier alpha value is -3.17. The summed E-state index contributed by atoms with van der Waals surface area (Å²) in [6.45, 7) is 6.11. The highest BCUT2D eigenvalue weighted by molar-refractivity contribution is 6.33. The molecule has 34 heavy (non-hydrogen) atoms. The lowest BCUT2D eigenvalue weighted by molar-refractivity contribution is -0.127. The molecule has 1 atom stereocenters. The molecule has 2 fully saturated rings. The number of aromatic hydroxyl groups is 1. The van der Waals surface area contributed by atoms with Crippen LogP contribution >= 0.6 is 11.6 Å². The van der Waals surface area contributed by atoms with Gasteiger partial charge in [0.1, 0.15) is 23.2 Å². The number of piperazine rings is 1. The Morgan fingerprint density at radius 1 is 1.26 bits per heavy atom. The number of anilines is 1. The molecule has 0 spiro atoms. The first-order chi connectivity index (χ1) is 16.4. The molecule has 1 aromatic heterocycles. The van der Waals surface area contributed by atoms with Gasteiger partial charge in [-0.05, 0) is 43.0 Å². The number of fused-ring (bicyclic) bond motifs is 1. The van der Waals surface area contributed by atoms with Gasteiger partial charge in [0.25, 0.3) is 0 Å². The molecule has 0 radical (unpaired) electrons. The Kier molecular flexibility index (Phi) is 5.91. The molecule has 0 bridgehead atoms.